The molecule has 0 saturated carbocycles. The monoisotopic (exact) mass is 406 g/mol. The van der Waals surface area contributed by atoms with Gasteiger partial charge in [0, 0.05) is 16.3 Å². The Morgan fingerprint density at radius 1 is 1.03 bits per heavy atom. The van der Waals surface area contributed by atoms with Crippen molar-refractivity contribution >= 4 is 23.2 Å². The van der Waals surface area contributed by atoms with Gasteiger partial charge in [0.1, 0.15) is 5.82 Å². The quantitative estimate of drug-likeness (QED) is 0.501. The van der Waals surface area contributed by atoms with Crippen LogP contribution in [0.1, 0.15) is 16.2 Å². The van der Waals surface area contributed by atoms with Crippen LogP contribution in [0.2, 0.25) is 5.02 Å². The lowest BCUT2D eigenvalue weighted by Crippen LogP contribution is -2.14. The Balaban J connectivity index is 1.73. The number of hydrogen-bond acceptors (Lipinski definition) is 3. The summed E-state index contributed by atoms with van der Waals surface area (Å²) < 4.78 is 14.9. The largest absolute Gasteiger partial charge is 0.319 e. The second-order valence-electron chi connectivity index (χ2n) is 6.43. The number of rotatable bonds is 4. The first-order valence-electron chi connectivity index (χ1n) is 8.87. The van der Waals surface area contributed by atoms with Gasteiger partial charge in [0.2, 0.25) is 5.82 Å². The van der Waals surface area contributed by atoms with Gasteiger partial charge in [-0.15, -0.1) is 5.10 Å². The smallest absolute Gasteiger partial charge is 0.295 e. The summed E-state index contributed by atoms with van der Waals surface area (Å²) in [5.74, 6) is -0.398. The van der Waals surface area contributed by atoms with Gasteiger partial charge in [-0.2, -0.15) is 0 Å². The van der Waals surface area contributed by atoms with Crippen LogP contribution in [0.15, 0.2) is 72.8 Å². The van der Waals surface area contributed by atoms with Crippen LogP contribution in [0.4, 0.5) is 10.1 Å². The molecule has 3 aromatic carbocycles. The number of aromatic nitrogens is 3. The summed E-state index contributed by atoms with van der Waals surface area (Å²) in [4.78, 5) is 17.1. The van der Waals surface area contributed by atoms with Crippen molar-refractivity contribution < 1.29 is 9.18 Å². The van der Waals surface area contributed by atoms with Crippen molar-refractivity contribution in [2.75, 3.05) is 5.32 Å². The van der Waals surface area contributed by atoms with Crippen LogP contribution in [0.5, 0.6) is 0 Å². The molecule has 0 spiro atoms. The maximum Gasteiger partial charge on any atom is 0.295 e. The number of amides is 1. The van der Waals surface area contributed by atoms with E-state index in [4.69, 9.17) is 11.6 Å². The minimum absolute atomic E-state index is 0.00937. The zero-order valence-corrected chi connectivity index (χ0v) is 16.2. The van der Waals surface area contributed by atoms with Gasteiger partial charge in [-0.3, -0.25) is 4.79 Å². The highest BCUT2D eigenvalue weighted by atomic mass is 35.5. The molecule has 29 heavy (non-hydrogen) atoms. The summed E-state index contributed by atoms with van der Waals surface area (Å²) in [6.07, 6.45) is 0. The fourth-order valence-corrected chi connectivity index (χ4v) is 2.98. The molecule has 144 valence electrons. The molecule has 0 saturated heterocycles. The Hall–Kier alpha value is -3.51. The zero-order chi connectivity index (χ0) is 20.4. The van der Waals surface area contributed by atoms with Crippen LogP contribution in [0, 0.1) is 12.7 Å². The number of anilines is 1. The molecule has 0 radical (unpaired) electrons. The Labute approximate surface area is 171 Å². The SMILES string of the molecule is Cc1ccc(NC(=O)c2nc(-c3ccc(F)cc3)n(-c3ccccc3)n2)cc1Cl. The molecular formula is C22H16ClFN4O. The van der Waals surface area contributed by atoms with E-state index in [9.17, 15) is 9.18 Å². The number of carbonyl (C=O) groups is 1. The number of carbonyl (C=O) groups excluding carboxylic acids is 1. The van der Waals surface area contributed by atoms with E-state index in [0.717, 1.165) is 11.3 Å². The summed E-state index contributed by atoms with van der Waals surface area (Å²) in [6, 6.07) is 20.4. The van der Waals surface area contributed by atoms with E-state index in [1.54, 1.807) is 28.9 Å². The van der Waals surface area contributed by atoms with Crippen molar-refractivity contribution in [1.82, 2.24) is 14.8 Å². The summed E-state index contributed by atoms with van der Waals surface area (Å²) >= 11 is 6.13. The maximum absolute atomic E-state index is 13.3. The summed E-state index contributed by atoms with van der Waals surface area (Å²) in [7, 11) is 0. The zero-order valence-electron chi connectivity index (χ0n) is 15.4. The third kappa shape index (κ3) is 4.02. The number of hydrogen-bond donors (Lipinski definition) is 1. The molecule has 0 aliphatic rings. The van der Waals surface area contributed by atoms with Gasteiger partial charge in [-0.05, 0) is 61.0 Å². The van der Waals surface area contributed by atoms with Crippen molar-refractivity contribution in [3.63, 3.8) is 0 Å². The molecule has 1 heterocycles. The van der Waals surface area contributed by atoms with Gasteiger partial charge in [-0.1, -0.05) is 35.9 Å². The standard InChI is InChI=1S/C22H16ClFN4O/c1-14-7-12-17(13-19(14)23)25-22(29)20-26-21(15-8-10-16(24)11-9-15)28(27-20)18-5-3-2-4-6-18/h2-13H,1H3,(H,25,29). The molecule has 0 atom stereocenters. The van der Waals surface area contributed by atoms with E-state index in [0.29, 0.717) is 22.1 Å². The van der Waals surface area contributed by atoms with Crippen molar-refractivity contribution in [1.29, 1.82) is 0 Å². The Bertz CT molecular complexity index is 1170. The number of para-hydroxylation sites is 1. The average molecular weight is 407 g/mol. The highest BCUT2D eigenvalue weighted by Crippen LogP contribution is 2.23. The second kappa shape index (κ2) is 7.85. The molecule has 1 amide bonds. The predicted octanol–water partition coefficient (Wildman–Crippen LogP) is 5.29. The molecule has 7 heteroatoms. The van der Waals surface area contributed by atoms with Crippen LogP contribution in [-0.4, -0.2) is 20.7 Å². The fraction of sp³-hybridized carbons (Fsp3) is 0.0455. The van der Waals surface area contributed by atoms with E-state index in [1.807, 2.05) is 43.3 Å². The predicted molar refractivity (Wildman–Crippen MR) is 111 cm³/mol. The molecule has 0 fully saturated rings. The first-order chi connectivity index (χ1) is 14.0. The minimum atomic E-state index is -0.469. The molecular weight excluding hydrogens is 391 g/mol. The van der Waals surface area contributed by atoms with E-state index in [2.05, 4.69) is 15.4 Å². The highest BCUT2D eigenvalue weighted by Gasteiger charge is 2.19. The second-order valence-corrected chi connectivity index (χ2v) is 6.84. The van der Waals surface area contributed by atoms with Crippen molar-refractivity contribution in [2.45, 2.75) is 6.92 Å². The summed E-state index contributed by atoms with van der Waals surface area (Å²) in [6.45, 7) is 1.88. The number of halogens is 2. The van der Waals surface area contributed by atoms with Gasteiger partial charge >= 0.3 is 0 Å². The molecule has 0 unspecified atom stereocenters. The molecule has 5 nitrogen and oxygen atoms in total. The summed E-state index contributed by atoms with van der Waals surface area (Å²) in [5, 5.41) is 7.69. The lowest BCUT2D eigenvalue weighted by Gasteiger charge is -2.05. The van der Waals surface area contributed by atoms with E-state index in [1.165, 1.54) is 12.1 Å². The lowest BCUT2D eigenvalue weighted by molar-refractivity contribution is 0.101. The maximum atomic E-state index is 13.3. The highest BCUT2D eigenvalue weighted by molar-refractivity contribution is 6.31. The van der Waals surface area contributed by atoms with Crippen LogP contribution >= 0.6 is 11.6 Å². The Morgan fingerprint density at radius 2 is 1.76 bits per heavy atom. The normalized spacial score (nSPS) is 10.7. The Kier molecular flexibility index (Phi) is 5.10. The number of nitrogens with zero attached hydrogens (tertiary/aromatic N) is 3. The van der Waals surface area contributed by atoms with Crippen LogP contribution in [0.25, 0.3) is 17.1 Å². The van der Waals surface area contributed by atoms with Crippen molar-refractivity contribution in [3.8, 4) is 17.1 Å². The molecule has 0 aliphatic heterocycles. The molecule has 0 bridgehead atoms. The number of benzene rings is 3. The van der Waals surface area contributed by atoms with E-state index >= 15 is 0 Å². The van der Waals surface area contributed by atoms with Crippen molar-refractivity contribution in [2.24, 2.45) is 0 Å². The third-order valence-electron chi connectivity index (χ3n) is 4.34. The molecule has 4 rings (SSSR count). The minimum Gasteiger partial charge on any atom is -0.319 e. The first-order valence-corrected chi connectivity index (χ1v) is 9.25. The Morgan fingerprint density at radius 3 is 2.45 bits per heavy atom. The summed E-state index contributed by atoms with van der Waals surface area (Å²) in [5.41, 5.74) is 2.83. The molecule has 4 aromatic rings. The lowest BCUT2D eigenvalue weighted by atomic mass is 10.2. The van der Waals surface area contributed by atoms with Crippen LogP contribution < -0.4 is 5.32 Å². The molecule has 1 aromatic heterocycles. The van der Waals surface area contributed by atoms with Crippen LogP contribution in [-0.2, 0) is 0 Å². The fourth-order valence-electron chi connectivity index (χ4n) is 2.80. The third-order valence-corrected chi connectivity index (χ3v) is 4.75. The van der Waals surface area contributed by atoms with Crippen molar-refractivity contribution in [3.05, 3.63) is 95.0 Å². The average Bonchev–Trinajstić information content (AvgIpc) is 3.18. The number of nitrogens with one attached hydrogen (secondary N) is 1. The van der Waals surface area contributed by atoms with E-state index < -0.39 is 5.91 Å². The molecule has 1 N–H and O–H groups in total. The van der Waals surface area contributed by atoms with Gasteiger partial charge in [0.05, 0.1) is 5.69 Å². The van der Waals surface area contributed by atoms with Crippen LogP contribution in [0.3, 0.4) is 0 Å². The van der Waals surface area contributed by atoms with E-state index in [-0.39, 0.29) is 11.6 Å². The van der Waals surface area contributed by atoms with Gasteiger partial charge in [-0.25, -0.2) is 14.1 Å². The number of aryl methyl sites for hydroxylation is 1. The van der Waals surface area contributed by atoms with Gasteiger partial charge < -0.3 is 5.32 Å². The first kappa shape index (κ1) is 18.8. The van der Waals surface area contributed by atoms with Gasteiger partial charge in [0.25, 0.3) is 5.91 Å². The van der Waals surface area contributed by atoms with Gasteiger partial charge in [0.15, 0.2) is 5.82 Å². The molecule has 0 aliphatic carbocycles. The topological polar surface area (TPSA) is 59.8 Å².